The number of pyridine rings is 1. The van der Waals surface area contributed by atoms with E-state index in [9.17, 15) is 31.1 Å². The maximum absolute atomic E-state index is 13.4. The first-order valence-corrected chi connectivity index (χ1v) is 12.0. The Bertz CT molecular complexity index is 1180. The van der Waals surface area contributed by atoms with Crippen LogP contribution in [0.25, 0.3) is 0 Å². The van der Waals surface area contributed by atoms with Crippen LogP contribution in [-0.4, -0.2) is 10.9 Å². The molecule has 1 N–H and O–H groups in total. The smallest absolute Gasteiger partial charge is 0.346 e. The van der Waals surface area contributed by atoms with Gasteiger partial charge in [-0.15, -0.1) is 0 Å². The van der Waals surface area contributed by atoms with E-state index in [1.165, 1.54) is 6.92 Å². The quantitative estimate of drug-likeness (QED) is 0.352. The summed E-state index contributed by atoms with van der Waals surface area (Å²) in [7, 11) is 0. The molecular weight excluding hydrogens is 494 g/mol. The molecule has 1 fully saturated rings. The van der Waals surface area contributed by atoms with Gasteiger partial charge in [-0.05, 0) is 85.5 Å². The molecule has 0 aliphatic heterocycles. The average Bonchev–Trinajstić information content (AvgIpc) is 2.88. The first kappa shape index (κ1) is 26.7. The predicted octanol–water partition coefficient (Wildman–Crippen LogP) is 7.59. The number of nitrogens with zero attached hydrogens (tertiary/aromatic N) is 1. The molecule has 1 heterocycles. The summed E-state index contributed by atoms with van der Waals surface area (Å²) >= 11 is 0. The van der Waals surface area contributed by atoms with Crippen LogP contribution < -0.4 is 5.32 Å². The van der Waals surface area contributed by atoms with Gasteiger partial charge in [0.25, 0.3) is 0 Å². The molecule has 0 saturated heterocycles. The van der Waals surface area contributed by atoms with Gasteiger partial charge in [-0.1, -0.05) is 30.3 Å². The average molecular weight is 521 g/mol. The number of halogens is 6. The lowest BCUT2D eigenvalue weighted by molar-refractivity contribution is -0.143. The van der Waals surface area contributed by atoms with E-state index in [2.05, 4.69) is 10.3 Å². The molecule has 4 rings (SSSR count). The third-order valence-electron chi connectivity index (χ3n) is 7.21. The van der Waals surface area contributed by atoms with Crippen LogP contribution in [0.3, 0.4) is 0 Å². The number of alkyl halides is 6. The van der Waals surface area contributed by atoms with E-state index >= 15 is 0 Å². The number of nitrogens with one attached hydrogen (secondary N) is 1. The summed E-state index contributed by atoms with van der Waals surface area (Å²) in [4.78, 5) is 17.4. The van der Waals surface area contributed by atoms with Gasteiger partial charge in [0.1, 0.15) is 0 Å². The third kappa shape index (κ3) is 5.97. The van der Waals surface area contributed by atoms with Crippen molar-refractivity contribution < 1.29 is 31.1 Å². The van der Waals surface area contributed by atoms with Crippen LogP contribution in [-0.2, 0) is 22.7 Å². The largest absolute Gasteiger partial charge is 0.416 e. The highest BCUT2D eigenvalue weighted by atomic mass is 19.4. The van der Waals surface area contributed by atoms with E-state index in [1.807, 2.05) is 42.5 Å². The number of aromatic nitrogens is 1. The molecule has 3 aromatic rings. The van der Waals surface area contributed by atoms with Gasteiger partial charge in [0.2, 0.25) is 5.91 Å². The second-order valence-corrected chi connectivity index (χ2v) is 9.55. The van der Waals surface area contributed by atoms with Crippen LogP contribution in [0.4, 0.5) is 26.3 Å². The minimum Gasteiger partial charge on any atom is -0.346 e. The van der Waals surface area contributed by atoms with Crippen molar-refractivity contribution in [3.05, 3.63) is 101 Å². The summed E-state index contributed by atoms with van der Waals surface area (Å²) in [6.45, 7) is 1.33. The van der Waals surface area contributed by atoms with Gasteiger partial charge in [0.15, 0.2) is 0 Å². The number of carbonyl (C=O) groups is 1. The normalized spacial score (nSPS) is 21.3. The van der Waals surface area contributed by atoms with E-state index in [0.717, 1.165) is 24.0 Å². The maximum atomic E-state index is 13.4. The monoisotopic (exact) mass is 520 g/mol. The van der Waals surface area contributed by atoms with E-state index in [-0.39, 0.29) is 17.5 Å². The molecule has 0 spiro atoms. The predicted molar refractivity (Wildman–Crippen MR) is 127 cm³/mol. The number of benzene rings is 2. The summed E-state index contributed by atoms with van der Waals surface area (Å²) in [5.41, 5.74) is -2.01. The fourth-order valence-corrected chi connectivity index (χ4v) is 5.05. The fourth-order valence-electron chi connectivity index (χ4n) is 5.05. The van der Waals surface area contributed by atoms with Crippen molar-refractivity contribution in [1.29, 1.82) is 0 Å². The van der Waals surface area contributed by atoms with Gasteiger partial charge in [0.05, 0.1) is 22.6 Å². The molecule has 1 aliphatic carbocycles. The maximum Gasteiger partial charge on any atom is 0.416 e. The molecule has 1 amide bonds. The molecule has 9 heteroatoms. The Balaban J connectivity index is 1.63. The summed E-state index contributed by atoms with van der Waals surface area (Å²) in [6.07, 6.45) is -3.89. The van der Waals surface area contributed by atoms with Crippen LogP contribution in [0, 0.1) is 0 Å². The van der Waals surface area contributed by atoms with Crippen molar-refractivity contribution in [2.75, 3.05) is 0 Å². The number of hydrogen-bond donors (Lipinski definition) is 1. The van der Waals surface area contributed by atoms with Crippen LogP contribution in [0.5, 0.6) is 0 Å². The standard InChI is InChI=1S/C28H26F6N2O/c1-18(21-15-23(27(29,30)31)17-24(16-21)28(32,33)34)25(37)36-26(22-5-3-2-4-6-22)11-7-19(8-12-26)20-9-13-35-14-10-20/h2-6,9-10,13-19H,7-8,11-12H2,1H3,(H,36,37). The van der Waals surface area contributed by atoms with Gasteiger partial charge >= 0.3 is 12.4 Å². The zero-order chi connectivity index (χ0) is 26.8. The lowest BCUT2D eigenvalue weighted by Crippen LogP contribution is -2.49. The van der Waals surface area contributed by atoms with E-state index in [0.29, 0.717) is 25.0 Å². The highest BCUT2D eigenvalue weighted by molar-refractivity contribution is 5.84. The molecule has 2 aromatic carbocycles. The summed E-state index contributed by atoms with van der Waals surface area (Å²) < 4.78 is 80.2. The number of amides is 1. The highest BCUT2D eigenvalue weighted by Gasteiger charge is 2.41. The fraction of sp³-hybridized carbons (Fsp3) is 0.357. The van der Waals surface area contributed by atoms with Crippen molar-refractivity contribution in [1.82, 2.24) is 10.3 Å². The topological polar surface area (TPSA) is 42.0 Å². The van der Waals surface area contributed by atoms with Crippen molar-refractivity contribution in [3.8, 4) is 0 Å². The second kappa shape index (κ2) is 10.2. The zero-order valence-corrected chi connectivity index (χ0v) is 20.0. The van der Waals surface area contributed by atoms with Crippen molar-refractivity contribution in [2.45, 2.75) is 62.3 Å². The molecule has 1 unspecified atom stereocenters. The van der Waals surface area contributed by atoms with Gasteiger partial charge in [0, 0.05) is 12.4 Å². The number of carbonyl (C=O) groups excluding carboxylic acids is 1. The van der Waals surface area contributed by atoms with E-state index in [1.54, 1.807) is 12.4 Å². The Morgan fingerprint density at radius 1 is 0.892 bits per heavy atom. The Morgan fingerprint density at radius 2 is 1.43 bits per heavy atom. The molecule has 196 valence electrons. The summed E-state index contributed by atoms with van der Waals surface area (Å²) in [5.74, 6) is -1.60. The summed E-state index contributed by atoms with van der Waals surface area (Å²) in [6, 6.07) is 14.5. The van der Waals surface area contributed by atoms with Crippen LogP contribution in [0.2, 0.25) is 0 Å². The molecule has 0 bridgehead atoms. The highest BCUT2D eigenvalue weighted by Crippen LogP contribution is 2.44. The second-order valence-electron chi connectivity index (χ2n) is 9.55. The summed E-state index contributed by atoms with van der Waals surface area (Å²) in [5, 5.41) is 3.02. The van der Waals surface area contributed by atoms with Crippen LogP contribution >= 0.6 is 0 Å². The van der Waals surface area contributed by atoms with Crippen molar-refractivity contribution >= 4 is 5.91 Å². The van der Waals surface area contributed by atoms with Crippen LogP contribution in [0.1, 0.15) is 72.3 Å². The van der Waals surface area contributed by atoms with E-state index < -0.39 is 40.8 Å². The molecule has 1 aromatic heterocycles. The SMILES string of the molecule is CC(C(=O)NC1(c2ccccc2)CCC(c2ccncc2)CC1)c1cc(C(F)(F)F)cc(C(F)(F)F)c1. The molecule has 1 saturated carbocycles. The zero-order valence-electron chi connectivity index (χ0n) is 20.0. The van der Waals surface area contributed by atoms with Gasteiger partial charge in [-0.25, -0.2) is 0 Å². The van der Waals surface area contributed by atoms with Gasteiger partial charge in [-0.3, -0.25) is 9.78 Å². The van der Waals surface area contributed by atoms with Crippen molar-refractivity contribution in [3.63, 3.8) is 0 Å². The Hall–Kier alpha value is -3.36. The minimum absolute atomic E-state index is 0.0694. The van der Waals surface area contributed by atoms with E-state index in [4.69, 9.17) is 0 Å². The van der Waals surface area contributed by atoms with Crippen LogP contribution in [0.15, 0.2) is 73.1 Å². The molecule has 37 heavy (non-hydrogen) atoms. The number of rotatable bonds is 5. The molecule has 3 nitrogen and oxygen atoms in total. The van der Waals surface area contributed by atoms with Gasteiger partial charge in [-0.2, -0.15) is 26.3 Å². The lowest BCUT2D eigenvalue weighted by atomic mass is 9.71. The van der Waals surface area contributed by atoms with Gasteiger partial charge < -0.3 is 5.32 Å². The Labute approximate surface area is 210 Å². The Morgan fingerprint density at radius 3 is 1.95 bits per heavy atom. The first-order chi connectivity index (χ1) is 17.4. The Kier molecular flexibility index (Phi) is 7.35. The first-order valence-electron chi connectivity index (χ1n) is 12.0. The lowest BCUT2D eigenvalue weighted by Gasteiger charge is -2.42. The molecule has 1 atom stereocenters. The number of hydrogen-bond acceptors (Lipinski definition) is 2. The molecular formula is C28H26F6N2O. The molecule has 0 radical (unpaired) electrons. The minimum atomic E-state index is -4.98. The van der Waals surface area contributed by atoms with Crippen molar-refractivity contribution in [2.24, 2.45) is 0 Å². The molecule has 1 aliphatic rings. The third-order valence-corrected chi connectivity index (χ3v) is 7.21.